The van der Waals surface area contributed by atoms with Crippen molar-refractivity contribution < 1.29 is 25.5 Å². The average Bonchev–Trinajstić information content (AvgIpc) is 2.86. The molecule has 26 heavy (non-hydrogen) atoms. The number of fused-ring (bicyclic) bond motifs is 5. The zero-order chi connectivity index (χ0) is 18.9. The molecule has 5 N–H and O–H groups in total. The normalized spacial score (nSPS) is 57.8. The topological polar surface area (TPSA) is 101 Å². The molecule has 4 aliphatic carbocycles. The van der Waals surface area contributed by atoms with Gasteiger partial charge in [0.05, 0.1) is 24.4 Å². The molecule has 10 atom stereocenters. The Morgan fingerprint density at radius 3 is 2.46 bits per heavy atom. The second-order valence-electron chi connectivity index (χ2n) is 10.4. The summed E-state index contributed by atoms with van der Waals surface area (Å²) in [6, 6.07) is 0. The molecule has 4 fully saturated rings. The van der Waals surface area contributed by atoms with Crippen LogP contribution in [0, 0.1) is 34.5 Å². The fourth-order valence-electron chi connectivity index (χ4n) is 8.10. The molecule has 0 aromatic rings. The van der Waals surface area contributed by atoms with Crippen molar-refractivity contribution in [2.45, 2.75) is 89.1 Å². The highest BCUT2D eigenvalue weighted by atomic mass is 16.4. The highest BCUT2D eigenvalue weighted by Crippen LogP contribution is 2.68. The molecule has 0 aliphatic heterocycles. The molecule has 0 aromatic heterocycles. The Morgan fingerprint density at radius 1 is 1.04 bits per heavy atom. The maximum Gasteiger partial charge on any atom is 0.106 e. The standard InChI is InChI=1S/C21H36O5/c1-19-7-5-13(23)9-12(19)3-4-14-15-6-8-21(26,17(25)11-22)20(15,2)10-16(24)18(14)19/h12-18,22-26H,3-11H2,1-2H3/t12-,13-,14+,15+,16+,17+,18-,19+,20+,21-/m1/s1. The average molecular weight is 369 g/mol. The predicted molar refractivity (Wildman–Crippen MR) is 97.2 cm³/mol. The minimum Gasteiger partial charge on any atom is -0.394 e. The fourth-order valence-corrected chi connectivity index (χ4v) is 8.10. The molecule has 0 spiro atoms. The Bertz CT molecular complexity index is 555. The van der Waals surface area contributed by atoms with Gasteiger partial charge in [0.15, 0.2) is 0 Å². The van der Waals surface area contributed by atoms with Crippen LogP contribution in [0.25, 0.3) is 0 Å². The summed E-state index contributed by atoms with van der Waals surface area (Å²) in [4.78, 5) is 0. The first-order chi connectivity index (χ1) is 12.2. The van der Waals surface area contributed by atoms with Crippen molar-refractivity contribution in [3.8, 4) is 0 Å². The van der Waals surface area contributed by atoms with E-state index in [9.17, 15) is 25.5 Å². The first kappa shape index (κ1) is 19.1. The van der Waals surface area contributed by atoms with E-state index in [0.29, 0.717) is 24.7 Å². The van der Waals surface area contributed by atoms with E-state index in [2.05, 4.69) is 6.92 Å². The van der Waals surface area contributed by atoms with Crippen LogP contribution in [-0.2, 0) is 0 Å². The molecule has 0 amide bonds. The van der Waals surface area contributed by atoms with Crippen molar-refractivity contribution in [3.63, 3.8) is 0 Å². The molecular formula is C21H36O5. The van der Waals surface area contributed by atoms with Gasteiger partial charge in [-0.2, -0.15) is 0 Å². The summed E-state index contributed by atoms with van der Waals surface area (Å²) in [5.41, 5.74) is -1.83. The quantitative estimate of drug-likeness (QED) is 0.508. The van der Waals surface area contributed by atoms with Gasteiger partial charge in [0.2, 0.25) is 0 Å². The SMILES string of the molecule is C[C@]12CC[C@@H](O)C[C@H]1CC[C@@H]1[C@@H]2[C@@H](O)C[C@@]2(C)[C@H]1CC[C@@]2(O)[C@@H](O)CO. The predicted octanol–water partition coefficient (Wildman–Crippen LogP) is 1.45. The Kier molecular flexibility index (Phi) is 4.52. The molecule has 5 heteroatoms. The molecule has 150 valence electrons. The van der Waals surface area contributed by atoms with Crippen molar-refractivity contribution in [2.75, 3.05) is 6.61 Å². The van der Waals surface area contributed by atoms with Gasteiger partial charge in [0.25, 0.3) is 0 Å². The van der Waals surface area contributed by atoms with E-state index in [-0.39, 0.29) is 23.4 Å². The van der Waals surface area contributed by atoms with Gasteiger partial charge in [-0.05, 0) is 80.5 Å². The van der Waals surface area contributed by atoms with E-state index in [0.717, 1.165) is 38.5 Å². The Morgan fingerprint density at radius 2 is 1.77 bits per heavy atom. The number of aliphatic hydroxyl groups excluding tert-OH is 4. The maximum absolute atomic E-state index is 11.3. The molecule has 0 bridgehead atoms. The number of hydrogen-bond acceptors (Lipinski definition) is 5. The first-order valence-electron chi connectivity index (χ1n) is 10.5. The third-order valence-electron chi connectivity index (χ3n) is 9.51. The Hall–Kier alpha value is -0.200. The minimum absolute atomic E-state index is 0.0548. The molecule has 0 aromatic carbocycles. The smallest absolute Gasteiger partial charge is 0.106 e. The maximum atomic E-state index is 11.3. The van der Waals surface area contributed by atoms with Crippen molar-refractivity contribution in [1.82, 2.24) is 0 Å². The van der Waals surface area contributed by atoms with E-state index in [1.807, 2.05) is 6.92 Å². The molecule has 0 saturated heterocycles. The fraction of sp³-hybridized carbons (Fsp3) is 1.00. The van der Waals surface area contributed by atoms with Crippen LogP contribution in [-0.4, -0.2) is 56.1 Å². The number of hydrogen-bond donors (Lipinski definition) is 5. The Balaban J connectivity index is 1.68. The lowest BCUT2D eigenvalue weighted by Crippen LogP contribution is -2.64. The molecule has 0 radical (unpaired) electrons. The first-order valence-corrected chi connectivity index (χ1v) is 10.5. The molecular weight excluding hydrogens is 332 g/mol. The third kappa shape index (κ3) is 2.33. The number of aliphatic hydroxyl groups is 5. The summed E-state index contributed by atoms with van der Waals surface area (Å²) in [7, 11) is 0. The molecule has 0 heterocycles. The molecule has 4 aliphatic rings. The van der Waals surface area contributed by atoms with Crippen LogP contribution < -0.4 is 0 Å². The van der Waals surface area contributed by atoms with E-state index >= 15 is 0 Å². The van der Waals surface area contributed by atoms with Crippen LogP contribution in [0.5, 0.6) is 0 Å². The van der Waals surface area contributed by atoms with Crippen molar-refractivity contribution in [2.24, 2.45) is 34.5 Å². The van der Waals surface area contributed by atoms with Gasteiger partial charge in [0, 0.05) is 5.41 Å². The van der Waals surface area contributed by atoms with Gasteiger partial charge in [-0.15, -0.1) is 0 Å². The summed E-state index contributed by atoms with van der Waals surface area (Å²) in [5, 5.41) is 52.5. The van der Waals surface area contributed by atoms with Crippen LogP contribution >= 0.6 is 0 Å². The van der Waals surface area contributed by atoms with E-state index in [4.69, 9.17) is 0 Å². The van der Waals surface area contributed by atoms with E-state index < -0.39 is 29.8 Å². The zero-order valence-corrected chi connectivity index (χ0v) is 16.1. The van der Waals surface area contributed by atoms with Crippen LogP contribution in [0.4, 0.5) is 0 Å². The molecule has 5 nitrogen and oxygen atoms in total. The summed E-state index contributed by atoms with van der Waals surface area (Å²) in [6.45, 7) is 3.89. The lowest BCUT2D eigenvalue weighted by atomic mass is 9.43. The zero-order valence-electron chi connectivity index (χ0n) is 16.1. The van der Waals surface area contributed by atoms with Gasteiger partial charge in [0.1, 0.15) is 6.10 Å². The van der Waals surface area contributed by atoms with Crippen LogP contribution in [0.3, 0.4) is 0 Å². The lowest BCUT2D eigenvalue weighted by molar-refractivity contribution is -0.224. The van der Waals surface area contributed by atoms with Crippen LogP contribution in [0.2, 0.25) is 0 Å². The summed E-state index contributed by atoms with van der Waals surface area (Å²) >= 11 is 0. The molecule has 4 rings (SSSR count). The van der Waals surface area contributed by atoms with Crippen LogP contribution in [0.15, 0.2) is 0 Å². The summed E-state index contributed by atoms with van der Waals surface area (Å²) < 4.78 is 0. The second-order valence-corrected chi connectivity index (χ2v) is 10.4. The summed E-state index contributed by atoms with van der Waals surface area (Å²) in [5.74, 6) is 1.29. The van der Waals surface area contributed by atoms with Gasteiger partial charge in [-0.25, -0.2) is 0 Å². The molecule has 4 saturated carbocycles. The van der Waals surface area contributed by atoms with Gasteiger partial charge in [-0.3, -0.25) is 0 Å². The second kappa shape index (κ2) is 6.15. The third-order valence-corrected chi connectivity index (χ3v) is 9.51. The van der Waals surface area contributed by atoms with Crippen LogP contribution in [0.1, 0.15) is 65.2 Å². The van der Waals surface area contributed by atoms with Gasteiger partial charge in [-0.1, -0.05) is 13.8 Å². The van der Waals surface area contributed by atoms with Crippen molar-refractivity contribution in [1.29, 1.82) is 0 Å². The number of rotatable bonds is 2. The Labute approximate surface area is 156 Å². The van der Waals surface area contributed by atoms with Crippen molar-refractivity contribution in [3.05, 3.63) is 0 Å². The molecule has 0 unspecified atom stereocenters. The van der Waals surface area contributed by atoms with E-state index in [1.54, 1.807) is 0 Å². The van der Waals surface area contributed by atoms with Crippen molar-refractivity contribution >= 4 is 0 Å². The highest BCUT2D eigenvalue weighted by Gasteiger charge is 2.68. The minimum atomic E-state index is -1.32. The largest absolute Gasteiger partial charge is 0.394 e. The lowest BCUT2D eigenvalue weighted by Gasteiger charge is -2.63. The van der Waals surface area contributed by atoms with Gasteiger partial charge < -0.3 is 25.5 Å². The monoisotopic (exact) mass is 368 g/mol. The summed E-state index contributed by atoms with van der Waals surface area (Å²) in [6.07, 6.45) is 4.70. The highest BCUT2D eigenvalue weighted by molar-refractivity contribution is 5.17. The van der Waals surface area contributed by atoms with E-state index in [1.165, 1.54) is 0 Å². The van der Waals surface area contributed by atoms with Gasteiger partial charge >= 0.3 is 0 Å².